The summed E-state index contributed by atoms with van der Waals surface area (Å²) in [5.41, 5.74) is 0.711. The molecule has 2 amide bonds. The van der Waals surface area contributed by atoms with Gasteiger partial charge in [0.05, 0.1) is 10.6 Å². The fraction of sp³-hybridized carbons (Fsp3) is 0.259. The third kappa shape index (κ3) is 8.02. The fourth-order valence-electron chi connectivity index (χ4n) is 3.71. The maximum Gasteiger partial charge on any atom is 0.264 e. The van der Waals surface area contributed by atoms with E-state index in [0.29, 0.717) is 20.6 Å². The van der Waals surface area contributed by atoms with Crippen molar-refractivity contribution in [2.24, 2.45) is 0 Å². The molecule has 3 aromatic rings. The van der Waals surface area contributed by atoms with Crippen LogP contribution in [-0.4, -0.2) is 43.8 Å². The molecule has 0 aliphatic rings. The smallest absolute Gasteiger partial charge is 0.264 e. The minimum Gasteiger partial charge on any atom is -0.352 e. The summed E-state index contributed by atoms with van der Waals surface area (Å²) in [5.74, 6) is -1.04. The Bertz CT molecular complexity index is 1450. The second-order valence-electron chi connectivity index (χ2n) is 9.04. The lowest BCUT2D eigenvalue weighted by molar-refractivity contribution is -0.139. The molecule has 0 fully saturated rings. The number of halogens is 4. The first kappa shape index (κ1) is 31.0. The zero-order valence-electron chi connectivity index (χ0n) is 21.4. The van der Waals surface area contributed by atoms with E-state index in [1.165, 1.54) is 47.4 Å². The molecule has 1 N–H and O–H groups in total. The van der Waals surface area contributed by atoms with Crippen molar-refractivity contribution >= 4 is 73.9 Å². The van der Waals surface area contributed by atoms with Crippen LogP contribution in [0.15, 0.2) is 71.6 Å². The minimum absolute atomic E-state index is 0.0636. The number of amides is 2. The van der Waals surface area contributed by atoms with E-state index in [1.54, 1.807) is 45.0 Å². The van der Waals surface area contributed by atoms with Crippen LogP contribution in [0.25, 0.3) is 0 Å². The summed E-state index contributed by atoms with van der Waals surface area (Å²) in [5, 5.41) is 4.15. The quantitative estimate of drug-likeness (QED) is 0.279. The summed E-state index contributed by atoms with van der Waals surface area (Å²) in [4.78, 5) is 28.0. The van der Waals surface area contributed by atoms with Crippen LogP contribution in [0.5, 0.6) is 0 Å². The molecule has 12 heteroatoms. The zero-order valence-corrected chi connectivity index (χ0v) is 25.2. The van der Waals surface area contributed by atoms with Crippen LogP contribution in [0.3, 0.4) is 0 Å². The van der Waals surface area contributed by atoms with Gasteiger partial charge in [0, 0.05) is 32.7 Å². The monoisotopic (exact) mass is 629 g/mol. The van der Waals surface area contributed by atoms with E-state index in [-0.39, 0.29) is 28.2 Å². The van der Waals surface area contributed by atoms with Gasteiger partial charge >= 0.3 is 0 Å². The molecule has 208 valence electrons. The van der Waals surface area contributed by atoms with Crippen LogP contribution in [0.4, 0.5) is 5.69 Å². The summed E-state index contributed by atoms with van der Waals surface area (Å²) >= 11 is 24.5. The second-order valence-corrected chi connectivity index (χ2v) is 12.6. The zero-order chi connectivity index (χ0) is 28.9. The minimum atomic E-state index is -4.24. The molecule has 0 spiro atoms. The number of hydrogen-bond acceptors (Lipinski definition) is 4. The van der Waals surface area contributed by atoms with E-state index in [0.717, 1.165) is 4.31 Å². The van der Waals surface area contributed by atoms with Gasteiger partial charge in [-0.2, -0.15) is 0 Å². The van der Waals surface area contributed by atoms with Gasteiger partial charge in [0.25, 0.3) is 10.0 Å². The molecule has 0 bridgehead atoms. The van der Waals surface area contributed by atoms with Crippen molar-refractivity contribution in [3.8, 4) is 0 Å². The van der Waals surface area contributed by atoms with E-state index in [4.69, 9.17) is 46.4 Å². The molecule has 1 atom stereocenters. The van der Waals surface area contributed by atoms with Crippen molar-refractivity contribution < 1.29 is 18.0 Å². The Morgan fingerprint density at radius 1 is 0.846 bits per heavy atom. The number of hydrogen-bond donors (Lipinski definition) is 1. The summed E-state index contributed by atoms with van der Waals surface area (Å²) in [6.45, 7) is 4.48. The van der Waals surface area contributed by atoms with Gasteiger partial charge in [-0.15, -0.1) is 0 Å². The third-order valence-corrected chi connectivity index (χ3v) is 8.59. The van der Waals surface area contributed by atoms with E-state index < -0.39 is 34.4 Å². The Morgan fingerprint density at radius 3 is 2.05 bits per heavy atom. The Morgan fingerprint density at radius 2 is 1.46 bits per heavy atom. The standard InChI is InChI=1S/C27H27Cl4N3O4S/c1-17(2)32-27(36)18(3)33(15-19-7-8-22(30)14-25(19)31)26(35)16-34(23-6-4-5-21(29)13-23)39(37,38)24-11-9-20(28)10-12-24/h4-14,17-18H,15-16H2,1-3H3,(H,32,36)/t18-/m1/s1. The highest BCUT2D eigenvalue weighted by atomic mass is 35.5. The van der Waals surface area contributed by atoms with Gasteiger partial charge < -0.3 is 10.2 Å². The molecule has 7 nitrogen and oxygen atoms in total. The van der Waals surface area contributed by atoms with Crippen molar-refractivity contribution in [3.05, 3.63) is 92.4 Å². The van der Waals surface area contributed by atoms with Gasteiger partial charge in [-0.3, -0.25) is 13.9 Å². The Kier molecular flexibility index (Phi) is 10.5. The third-order valence-electron chi connectivity index (χ3n) is 5.73. The molecule has 0 aromatic heterocycles. The number of anilines is 1. The summed E-state index contributed by atoms with van der Waals surface area (Å²) in [6, 6.07) is 15.4. The van der Waals surface area contributed by atoms with Gasteiger partial charge in [-0.1, -0.05) is 58.5 Å². The predicted octanol–water partition coefficient (Wildman–Crippen LogP) is 6.44. The molecule has 0 saturated carbocycles. The predicted molar refractivity (Wildman–Crippen MR) is 157 cm³/mol. The molecule has 0 saturated heterocycles. The molecular formula is C27H27Cl4N3O4S. The summed E-state index contributed by atoms with van der Waals surface area (Å²) in [6.07, 6.45) is 0. The van der Waals surface area contributed by atoms with E-state index in [2.05, 4.69) is 5.32 Å². The number of nitrogens with zero attached hydrogens (tertiary/aromatic N) is 2. The highest BCUT2D eigenvalue weighted by Gasteiger charge is 2.33. The number of rotatable bonds is 10. The van der Waals surface area contributed by atoms with Crippen molar-refractivity contribution in [1.82, 2.24) is 10.2 Å². The fourth-order valence-corrected chi connectivity index (χ4v) is 5.90. The Balaban J connectivity index is 2.05. The number of nitrogens with one attached hydrogen (secondary N) is 1. The average Bonchev–Trinajstić information content (AvgIpc) is 2.86. The highest BCUT2D eigenvalue weighted by molar-refractivity contribution is 7.92. The van der Waals surface area contributed by atoms with Crippen LogP contribution < -0.4 is 9.62 Å². The second kappa shape index (κ2) is 13.2. The Labute approximate surface area is 248 Å². The largest absolute Gasteiger partial charge is 0.352 e. The van der Waals surface area contributed by atoms with Crippen LogP contribution in [0, 0.1) is 0 Å². The molecule has 0 aliphatic carbocycles. The maximum absolute atomic E-state index is 13.9. The van der Waals surface area contributed by atoms with Gasteiger partial charge in [-0.05, 0) is 80.9 Å². The van der Waals surface area contributed by atoms with E-state index >= 15 is 0 Å². The highest BCUT2D eigenvalue weighted by Crippen LogP contribution is 2.28. The maximum atomic E-state index is 13.9. The van der Waals surface area contributed by atoms with Crippen LogP contribution in [0.2, 0.25) is 20.1 Å². The summed E-state index contributed by atoms with van der Waals surface area (Å²) < 4.78 is 28.5. The number of carbonyl (C=O) groups is 2. The summed E-state index contributed by atoms with van der Waals surface area (Å²) in [7, 11) is -4.24. The van der Waals surface area contributed by atoms with Gasteiger partial charge in [0.15, 0.2) is 0 Å². The number of carbonyl (C=O) groups excluding carboxylic acids is 2. The van der Waals surface area contributed by atoms with Gasteiger partial charge in [0.2, 0.25) is 11.8 Å². The lowest BCUT2D eigenvalue weighted by Gasteiger charge is -2.32. The van der Waals surface area contributed by atoms with Crippen molar-refractivity contribution in [2.45, 2.75) is 44.3 Å². The van der Waals surface area contributed by atoms with Gasteiger partial charge in [0.1, 0.15) is 12.6 Å². The number of benzene rings is 3. The lowest BCUT2D eigenvalue weighted by Crippen LogP contribution is -2.52. The molecule has 39 heavy (non-hydrogen) atoms. The normalized spacial score (nSPS) is 12.2. The first-order valence-corrected chi connectivity index (χ1v) is 14.8. The topological polar surface area (TPSA) is 86.8 Å². The van der Waals surface area contributed by atoms with E-state index in [1.807, 2.05) is 0 Å². The molecule has 0 heterocycles. The number of sulfonamides is 1. The first-order valence-electron chi connectivity index (χ1n) is 11.9. The Hall–Kier alpha value is -2.49. The SMILES string of the molecule is CC(C)NC(=O)[C@@H](C)N(Cc1ccc(Cl)cc1Cl)C(=O)CN(c1cccc(Cl)c1)S(=O)(=O)c1ccc(Cl)cc1. The molecular weight excluding hydrogens is 604 g/mol. The first-order chi connectivity index (χ1) is 18.3. The van der Waals surface area contributed by atoms with Crippen LogP contribution in [-0.2, 0) is 26.2 Å². The van der Waals surface area contributed by atoms with Gasteiger partial charge in [-0.25, -0.2) is 8.42 Å². The van der Waals surface area contributed by atoms with Crippen LogP contribution in [0.1, 0.15) is 26.3 Å². The molecule has 3 rings (SSSR count). The molecule has 0 aliphatic heterocycles. The molecule has 3 aromatic carbocycles. The van der Waals surface area contributed by atoms with E-state index in [9.17, 15) is 18.0 Å². The molecule has 0 radical (unpaired) electrons. The lowest BCUT2D eigenvalue weighted by atomic mass is 10.1. The van der Waals surface area contributed by atoms with Crippen molar-refractivity contribution in [1.29, 1.82) is 0 Å². The average molecular weight is 631 g/mol. The molecule has 0 unspecified atom stereocenters. The van der Waals surface area contributed by atoms with Crippen molar-refractivity contribution in [3.63, 3.8) is 0 Å². The van der Waals surface area contributed by atoms with Crippen molar-refractivity contribution in [2.75, 3.05) is 10.8 Å². The van der Waals surface area contributed by atoms with Crippen LogP contribution >= 0.6 is 46.4 Å².